The molecule has 62 valence electrons. The zero-order chi connectivity index (χ0) is 8.20. The summed E-state index contributed by atoms with van der Waals surface area (Å²) in [6.07, 6.45) is -3.85. The van der Waals surface area contributed by atoms with E-state index in [0.29, 0.717) is 6.42 Å². The van der Waals surface area contributed by atoms with Gasteiger partial charge in [0, 0.05) is 11.2 Å². The van der Waals surface area contributed by atoms with Crippen molar-refractivity contribution in [2.24, 2.45) is 0 Å². The van der Waals surface area contributed by atoms with Crippen LogP contribution in [0.25, 0.3) is 0 Å². The van der Waals surface area contributed by atoms with Gasteiger partial charge in [-0.1, -0.05) is 22.9 Å². The Morgan fingerprint density at radius 1 is 1.40 bits per heavy atom. The summed E-state index contributed by atoms with van der Waals surface area (Å²) in [6.45, 7) is 1.84. The summed E-state index contributed by atoms with van der Waals surface area (Å²) < 4.78 is 34.5. The van der Waals surface area contributed by atoms with Gasteiger partial charge in [-0.05, 0) is 12.8 Å². The first-order valence-corrected chi connectivity index (χ1v) is 4.04. The Morgan fingerprint density at radius 2 is 1.90 bits per heavy atom. The Morgan fingerprint density at radius 3 is 2.20 bits per heavy atom. The lowest BCUT2D eigenvalue weighted by Crippen LogP contribution is -2.07. The topological polar surface area (TPSA) is 0 Å². The zero-order valence-corrected chi connectivity index (χ0v) is 7.30. The molecule has 0 aromatic heterocycles. The van der Waals surface area contributed by atoms with Crippen LogP contribution in [0.5, 0.6) is 0 Å². The van der Waals surface area contributed by atoms with Gasteiger partial charge in [-0.15, -0.1) is 0 Å². The van der Waals surface area contributed by atoms with Crippen molar-refractivity contribution in [3.63, 3.8) is 0 Å². The molecule has 0 aliphatic heterocycles. The Bertz CT molecular complexity index is 87.5. The molecule has 10 heavy (non-hydrogen) atoms. The van der Waals surface area contributed by atoms with Crippen molar-refractivity contribution in [2.45, 2.75) is 37.2 Å². The predicted molar refractivity (Wildman–Crippen MR) is 38.3 cm³/mol. The van der Waals surface area contributed by atoms with Crippen molar-refractivity contribution in [2.75, 3.05) is 0 Å². The molecule has 0 aromatic rings. The minimum Gasteiger partial charge on any atom is -0.171 e. The highest BCUT2D eigenvalue weighted by Crippen LogP contribution is 2.23. The second-order valence-electron chi connectivity index (χ2n) is 2.29. The van der Waals surface area contributed by atoms with Crippen LogP contribution in [0, 0.1) is 0 Å². The minimum absolute atomic E-state index is 0.190. The Balaban J connectivity index is 3.21. The van der Waals surface area contributed by atoms with Crippen LogP contribution >= 0.6 is 15.9 Å². The van der Waals surface area contributed by atoms with Crippen molar-refractivity contribution in [1.29, 1.82) is 0 Å². The van der Waals surface area contributed by atoms with Gasteiger partial charge in [0.15, 0.2) is 0 Å². The molecule has 0 rings (SSSR count). The van der Waals surface area contributed by atoms with Gasteiger partial charge in [-0.25, -0.2) is 0 Å². The number of hydrogen-bond acceptors (Lipinski definition) is 0. The fourth-order valence-corrected chi connectivity index (χ4v) is 0.908. The molecule has 0 saturated carbocycles. The summed E-state index contributed by atoms with van der Waals surface area (Å²) in [4.78, 5) is 0.190. The number of hydrogen-bond donors (Lipinski definition) is 0. The van der Waals surface area contributed by atoms with E-state index in [1.165, 1.54) is 0 Å². The summed E-state index contributed by atoms with van der Waals surface area (Å²) in [5, 5.41) is 0. The molecule has 1 unspecified atom stereocenters. The molecule has 0 saturated heterocycles. The second-order valence-corrected chi connectivity index (χ2v) is 3.85. The van der Waals surface area contributed by atoms with Gasteiger partial charge in [-0.2, -0.15) is 13.2 Å². The first-order valence-electron chi connectivity index (χ1n) is 3.12. The molecule has 0 nitrogen and oxygen atoms in total. The van der Waals surface area contributed by atoms with Crippen molar-refractivity contribution >= 4 is 15.9 Å². The summed E-state index contributed by atoms with van der Waals surface area (Å²) in [5.74, 6) is 0. The largest absolute Gasteiger partial charge is 0.389 e. The van der Waals surface area contributed by atoms with E-state index in [2.05, 4.69) is 15.9 Å². The zero-order valence-electron chi connectivity index (χ0n) is 5.71. The van der Waals surface area contributed by atoms with Crippen molar-refractivity contribution < 1.29 is 13.2 Å². The van der Waals surface area contributed by atoms with E-state index < -0.39 is 12.6 Å². The standard InChI is InChI=1S/C6H10BrF3/c1-5(7)3-2-4-6(8,9)10/h5H,2-4H2,1H3. The highest BCUT2D eigenvalue weighted by molar-refractivity contribution is 9.09. The van der Waals surface area contributed by atoms with Gasteiger partial charge >= 0.3 is 6.18 Å². The molecule has 0 amide bonds. The normalized spacial score (nSPS) is 15.3. The van der Waals surface area contributed by atoms with Gasteiger partial charge < -0.3 is 0 Å². The van der Waals surface area contributed by atoms with Crippen LogP contribution in [-0.4, -0.2) is 11.0 Å². The van der Waals surface area contributed by atoms with Gasteiger partial charge in [0.1, 0.15) is 0 Å². The summed E-state index contributed by atoms with van der Waals surface area (Å²) in [6, 6.07) is 0. The average Bonchev–Trinajstić information content (AvgIpc) is 1.59. The molecule has 0 N–H and O–H groups in total. The van der Waals surface area contributed by atoms with E-state index in [0.717, 1.165) is 0 Å². The van der Waals surface area contributed by atoms with E-state index in [4.69, 9.17) is 0 Å². The maximum absolute atomic E-state index is 11.5. The highest BCUT2D eigenvalue weighted by Gasteiger charge is 2.25. The third kappa shape index (κ3) is 8.27. The molecule has 4 heteroatoms. The molecule has 0 spiro atoms. The van der Waals surface area contributed by atoms with Gasteiger partial charge in [0.2, 0.25) is 0 Å². The van der Waals surface area contributed by atoms with Crippen LogP contribution in [0.2, 0.25) is 0 Å². The molecule has 0 fully saturated rings. The molecular weight excluding hydrogens is 209 g/mol. The fourth-order valence-electron chi connectivity index (χ4n) is 0.584. The molecular formula is C6H10BrF3. The lowest BCUT2D eigenvalue weighted by molar-refractivity contribution is -0.135. The monoisotopic (exact) mass is 218 g/mol. The molecule has 0 aliphatic carbocycles. The van der Waals surface area contributed by atoms with Gasteiger partial charge in [0.05, 0.1) is 0 Å². The highest BCUT2D eigenvalue weighted by atomic mass is 79.9. The van der Waals surface area contributed by atoms with Crippen LogP contribution in [0.4, 0.5) is 13.2 Å². The van der Waals surface area contributed by atoms with Gasteiger partial charge in [-0.3, -0.25) is 0 Å². The van der Waals surface area contributed by atoms with Crippen LogP contribution in [-0.2, 0) is 0 Å². The van der Waals surface area contributed by atoms with Crippen LogP contribution in [0.3, 0.4) is 0 Å². The fraction of sp³-hybridized carbons (Fsp3) is 1.00. The summed E-state index contributed by atoms with van der Waals surface area (Å²) in [5.41, 5.74) is 0. The van der Waals surface area contributed by atoms with Gasteiger partial charge in [0.25, 0.3) is 0 Å². The quantitative estimate of drug-likeness (QED) is 0.637. The maximum Gasteiger partial charge on any atom is 0.389 e. The summed E-state index contributed by atoms with van der Waals surface area (Å²) >= 11 is 3.17. The molecule has 0 aromatic carbocycles. The molecule has 0 aliphatic rings. The van der Waals surface area contributed by atoms with E-state index in [-0.39, 0.29) is 11.2 Å². The molecule has 0 heterocycles. The van der Waals surface area contributed by atoms with Crippen molar-refractivity contribution in [3.8, 4) is 0 Å². The third-order valence-corrected chi connectivity index (χ3v) is 1.52. The van der Waals surface area contributed by atoms with E-state index >= 15 is 0 Å². The Hall–Kier alpha value is 0.270. The lowest BCUT2D eigenvalue weighted by Gasteiger charge is -2.05. The predicted octanol–water partition coefficient (Wildman–Crippen LogP) is 3.50. The van der Waals surface area contributed by atoms with Crippen molar-refractivity contribution in [1.82, 2.24) is 0 Å². The van der Waals surface area contributed by atoms with E-state index in [1.807, 2.05) is 6.92 Å². The van der Waals surface area contributed by atoms with Crippen LogP contribution in [0.15, 0.2) is 0 Å². The molecule has 0 radical (unpaired) electrons. The van der Waals surface area contributed by atoms with Crippen LogP contribution < -0.4 is 0 Å². The molecule has 0 bridgehead atoms. The average molecular weight is 219 g/mol. The third-order valence-electron chi connectivity index (χ3n) is 1.06. The Labute approximate surface area is 66.9 Å². The van der Waals surface area contributed by atoms with E-state index in [9.17, 15) is 13.2 Å². The molecule has 1 atom stereocenters. The van der Waals surface area contributed by atoms with Crippen molar-refractivity contribution in [3.05, 3.63) is 0 Å². The smallest absolute Gasteiger partial charge is 0.171 e. The van der Waals surface area contributed by atoms with Crippen LogP contribution in [0.1, 0.15) is 26.2 Å². The first-order chi connectivity index (χ1) is 4.42. The lowest BCUT2D eigenvalue weighted by atomic mass is 10.2. The number of alkyl halides is 4. The minimum atomic E-state index is -3.98. The number of rotatable bonds is 3. The number of halogens is 4. The SMILES string of the molecule is CC(Br)CCCC(F)(F)F. The van der Waals surface area contributed by atoms with E-state index in [1.54, 1.807) is 0 Å². The Kier molecular flexibility index (Phi) is 4.32. The summed E-state index contributed by atoms with van der Waals surface area (Å²) in [7, 11) is 0. The first kappa shape index (κ1) is 10.3. The second kappa shape index (κ2) is 4.21. The maximum atomic E-state index is 11.5.